The van der Waals surface area contributed by atoms with Gasteiger partial charge in [0.05, 0.1) is 5.56 Å². The molecule has 1 heterocycles. The van der Waals surface area contributed by atoms with Gasteiger partial charge in [-0.15, -0.1) is 0 Å². The van der Waals surface area contributed by atoms with Crippen molar-refractivity contribution in [1.82, 2.24) is 4.98 Å². The van der Waals surface area contributed by atoms with Crippen molar-refractivity contribution in [3.8, 4) is 0 Å². The highest BCUT2D eigenvalue weighted by atomic mass is 19.4. The summed E-state index contributed by atoms with van der Waals surface area (Å²) in [5.41, 5.74) is -0.161. The molecule has 0 saturated heterocycles. The molecule has 2 N–H and O–H groups in total. The molecule has 8 heteroatoms. The summed E-state index contributed by atoms with van der Waals surface area (Å²) in [6.45, 7) is 0. The molecule has 0 aliphatic rings. The van der Waals surface area contributed by atoms with Crippen molar-refractivity contribution < 1.29 is 27.9 Å². The first kappa shape index (κ1) is 13.8. The van der Waals surface area contributed by atoms with E-state index >= 15 is 0 Å². The second-order valence-electron chi connectivity index (χ2n) is 3.82. The number of fused-ring (bicyclic) bond motifs is 1. The van der Waals surface area contributed by atoms with Crippen LogP contribution in [0.25, 0.3) is 10.8 Å². The highest BCUT2D eigenvalue weighted by Crippen LogP contribution is 2.26. The van der Waals surface area contributed by atoms with Gasteiger partial charge in [-0.1, -0.05) is 24.3 Å². The Morgan fingerprint density at radius 3 is 2.30 bits per heavy atom. The van der Waals surface area contributed by atoms with Crippen molar-refractivity contribution in [1.29, 1.82) is 0 Å². The molecule has 1 aromatic heterocycles. The molecule has 0 spiro atoms. The van der Waals surface area contributed by atoms with Crippen LogP contribution in [0.3, 0.4) is 0 Å². The van der Waals surface area contributed by atoms with Gasteiger partial charge in [0.2, 0.25) is 0 Å². The standard InChI is InChI=1S/C12H7F3N2O3/c13-12(14,15)11(20)17-9-7-4-2-1-3-6(7)8(5-16-9)10(18)19/h1-5H,(H,18,19)(H,16,17,20). The zero-order valence-electron chi connectivity index (χ0n) is 9.73. The number of nitrogens with one attached hydrogen (secondary N) is 1. The lowest BCUT2D eigenvalue weighted by molar-refractivity contribution is -0.167. The van der Waals surface area contributed by atoms with Gasteiger partial charge in [-0.2, -0.15) is 13.2 Å². The Morgan fingerprint density at radius 2 is 1.75 bits per heavy atom. The van der Waals surface area contributed by atoms with Crippen LogP contribution in [0.1, 0.15) is 10.4 Å². The number of amides is 1. The van der Waals surface area contributed by atoms with E-state index in [1.54, 1.807) is 5.32 Å². The van der Waals surface area contributed by atoms with Crippen LogP contribution in [-0.2, 0) is 4.79 Å². The summed E-state index contributed by atoms with van der Waals surface area (Å²) < 4.78 is 36.6. The zero-order chi connectivity index (χ0) is 14.9. The van der Waals surface area contributed by atoms with Crippen LogP contribution < -0.4 is 5.32 Å². The summed E-state index contributed by atoms with van der Waals surface area (Å²) in [7, 11) is 0. The number of aromatic nitrogens is 1. The third-order valence-electron chi connectivity index (χ3n) is 2.51. The molecule has 0 aliphatic heterocycles. The minimum absolute atomic E-state index is 0.116. The quantitative estimate of drug-likeness (QED) is 0.887. The van der Waals surface area contributed by atoms with Crippen LogP contribution in [0.5, 0.6) is 0 Å². The fraction of sp³-hybridized carbons (Fsp3) is 0.0833. The summed E-state index contributed by atoms with van der Waals surface area (Å²) >= 11 is 0. The Hall–Kier alpha value is -2.64. The molecule has 1 aromatic carbocycles. The number of carbonyl (C=O) groups is 2. The van der Waals surface area contributed by atoms with E-state index in [0.29, 0.717) is 0 Å². The fourth-order valence-electron chi connectivity index (χ4n) is 1.64. The topological polar surface area (TPSA) is 79.3 Å². The number of aromatic carboxylic acids is 1. The smallest absolute Gasteiger partial charge is 0.471 e. The Morgan fingerprint density at radius 1 is 1.15 bits per heavy atom. The Labute approximate surface area is 110 Å². The van der Waals surface area contributed by atoms with E-state index in [-0.39, 0.29) is 22.2 Å². The van der Waals surface area contributed by atoms with Gasteiger partial charge in [0.15, 0.2) is 0 Å². The van der Waals surface area contributed by atoms with E-state index < -0.39 is 18.1 Å². The summed E-state index contributed by atoms with van der Waals surface area (Å²) in [5, 5.41) is 10.9. The maximum atomic E-state index is 12.2. The average molecular weight is 284 g/mol. The van der Waals surface area contributed by atoms with E-state index in [4.69, 9.17) is 5.11 Å². The first-order chi connectivity index (χ1) is 9.30. The molecule has 2 aromatic rings. The molecule has 5 nitrogen and oxygen atoms in total. The number of nitrogens with zero attached hydrogens (tertiary/aromatic N) is 1. The first-order valence-electron chi connectivity index (χ1n) is 5.30. The van der Waals surface area contributed by atoms with E-state index in [0.717, 1.165) is 6.20 Å². The molecule has 0 saturated carbocycles. The van der Waals surface area contributed by atoms with Crippen LogP contribution in [-0.4, -0.2) is 28.1 Å². The van der Waals surface area contributed by atoms with E-state index in [9.17, 15) is 22.8 Å². The van der Waals surface area contributed by atoms with Crippen molar-refractivity contribution >= 4 is 28.5 Å². The highest BCUT2D eigenvalue weighted by molar-refractivity contribution is 6.09. The number of halogens is 3. The minimum atomic E-state index is -5.05. The lowest BCUT2D eigenvalue weighted by atomic mass is 10.1. The molecule has 104 valence electrons. The molecular weight excluding hydrogens is 277 g/mol. The number of pyridine rings is 1. The molecule has 0 atom stereocenters. The van der Waals surface area contributed by atoms with E-state index in [1.807, 2.05) is 0 Å². The first-order valence-corrected chi connectivity index (χ1v) is 5.30. The summed E-state index contributed by atoms with van der Waals surface area (Å²) in [6, 6.07) is 5.83. The van der Waals surface area contributed by atoms with Gasteiger partial charge >= 0.3 is 18.1 Å². The normalized spacial score (nSPS) is 11.3. The van der Waals surface area contributed by atoms with Crippen molar-refractivity contribution in [2.45, 2.75) is 6.18 Å². The van der Waals surface area contributed by atoms with Gasteiger partial charge in [0, 0.05) is 17.0 Å². The Bertz CT molecular complexity index is 698. The summed E-state index contributed by atoms with van der Waals surface area (Å²) in [5.74, 6) is -3.77. The van der Waals surface area contributed by atoms with Gasteiger partial charge < -0.3 is 10.4 Å². The van der Waals surface area contributed by atoms with Gasteiger partial charge in [0.25, 0.3) is 0 Å². The van der Waals surface area contributed by atoms with Gasteiger partial charge in [-0.25, -0.2) is 9.78 Å². The van der Waals surface area contributed by atoms with Crippen molar-refractivity contribution in [3.63, 3.8) is 0 Å². The summed E-state index contributed by atoms with van der Waals surface area (Å²) in [6.07, 6.45) is -4.15. The second-order valence-corrected chi connectivity index (χ2v) is 3.82. The zero-order valence-corrected chi connectivity index (χ0v) is 9.73. The van der Waals surface area contributed by atoms with Crippen LogP contribution in [0.2, 0.25) is 0 Å². The number of carbonyl (C=O) groups excluding carboxylic acids is 1. The van der Waals surface area contributed by atoms with Crippen molar-refractivity contribution in [2.24, 2.45) is 0 Å². The lowest BCUT2D eigenvalue weighted by Gasteiger charge is -2.10. The van der Waals surface area contributed by atoms with Crippen LogP contribution in [0.15, 0.2) is 30.5 Å². The molecule has 1 amide bonds. The SMILES string of the molecule is O=C(O)c1cnc(NC(=O)C(F)(F)F)c2ccccc12. The predicted octanol–water partition coefficient (Wildman–Crippen LogP) is 2.43. The lowest BCUT2D eigenvalue weighted by Crippen LogP contribution is -2.30. The molecule has 0 bridgehead atoms. The van der Waals surface area contributed by atoms with E-state index in [2.05, 4.69) is 4.98 Å². The molecule has 0 fully saturated rings. The number of hydrogen-bond donors (Lipinski definition) is 2. The van der Waals surface area contributed by atoms with E-state index in [1.165, 1.54) is 24.3 Å². The number of carboxylic acid groups (broad SMARTS) is 1. The van der Waals surface area contributed by atoms with Crippen LogP contribution in [0.4, 0.5) is 19.0 Å². The highest BCUT2D eigenvalue weighted by Gasteiger charge is 2.39. The number of alkyl halides is 3. The average Bonchev–Trinajstić information content (AvgIpc) is 2.37. The fourth-order valence-corrected chi connectivity index (χ4v) is 1.64. The molecular formula is C12H7F3N2O3. The number of anilines is 1. The van der Waals surface area contributed by atoms with Gasteiger partial charge in [-0.05, 0) is 0 Å². The molecule has 0 aliphatic carbocycles. The third-order valence-corrected chi connectivity index (χ3v) is 2.51. The number of carboxylic acids is 1. The monoisotopic (exact) mass is 284 g/mol. The van der Waals surface area contributed by atoms with Crippen LogP contribution >= 0.6 is 0 Å². The molecule has 0 radical (unpaired) electrons. The van der Waals surface area contributed by atoms with Crippen LogP contribution in [0, 0.1) is 0 Å². The number of rotatable bonds is 2. The maximum absolute atomic E-state index is 12.2. The summed E-state index contributed by atoms with van der Waals surface area (Å²) in [4.78, 5) is 25.5. The third kappa shape index (κ3) is 2.53. The molecule has 0 unspecified atom stereocenters. The van der Waals surface area contributed by atoms with Crippen molar-refractivity contribution in [2.75, 3.05) is 5.32 Å². The van der Waals surface area contributed by atoms with Gasteiger partial charge in [-0.3, -0.25) is 4.79 Å². The number of hydrogen-bond acceptors (Lipinski definition) is 3. The van der Waals surface area contributed by atoms with Crippen molar-refractivity contribution in [3.05, 3.63) is 36.0 Å². The predicted molar refractivity (Wildman–Crippen MR) is 63.4 cm³/mol. The Balaban J connectivity index is 2.54. The number of benzene rings is 1. The molecule has 2 rings (SSSR count). The second kappa shape index (κ2) is 4.80. The molecule has 20 heavy (non-hydrogen) atoms. The maximum Gasteiger partial charge on any atom is 0.471 e. The van der Waals surface area contributed by atoms with Gasteiger partial charge in [0.1, 0.15) is 5.82 Å². The Kier molecular flexibility index (Phi) is 3.31. The largest absolute Gasteiger partial charge is 0.478 e. The minimum Gasteiger partial charge on any atom is -0.478 e.